The summed E-state index contributed by atoms with van der Waals surface area (Å²) in [5, 5.41) is 10.4. The van der Waals surface area contributed by atoms with Gasteiger partial charge < -0.3 is 4.74 Å². The third-order valence-corrected chi connectivity index (χ3v) is 4.73. The molecule has 0 fully saturated rings. The van der Waals surface area contributed by atoms with Crippen LogP contribution in [0.5, 0.6) is 11.5 Å². The first-order valence-corrected chi connectivity index (χ1v) is 8.67. The van der Waals surface area contributed by atoms with E-state index in [1.54, 1.807) is 0 Å². The average Bonchev–Trinajstić information content (AvgIpc) is 2.58. The Hall–Kier alpha value is -1.79. The van der Waals surface area contributed by atoms with Gasteiger partial charge in [0.25, 0.3) is 0 Å². The van der Waals surface area contributed by atoms with Crippen molar-refractivity contribution in [2.24, 2.45) is 0 Å². The molecule has 22 heavy (non-hydrogen) atoms. The molecule has 2 nitrogen and oxygen atoms in total. The average molecular weight is 358 g/mol. The molecule has 0 spiro atoms. The van der Waals surface area contributed by atoms with Crippen LogP contribution in [-0.2, 0) is 5.41 Å². The smallest absolute Gasteiger partial charge is 0.132 e. The molecule has 0 saturated carbocycles. The monoisotopic (exact) mass is 357 g/mol. The van der Waals surface area contributed by atoms with Crippen molar-refractivity contribution in [1.82, 2.24) is 0 Å². The zero-order valence-corrected chi connectivity index (χ0v) is 14.3. The summed E-state index contributed by atoms with van der Waals surface area (Å²) in [6, 6.07) is 20.0. The lowest BCUT2D eigenvalue weighted by Crippen LogP contribution is -2.26. The van der Waals surface area contributed by atoms with Crippen molar-refractivity contribution < 1.29 is 4.74 Å². The van der Waals surface area contributed by atoms with Gasteiger partial charge in [-0.2, -0.15) is 5.26 Å². The molecule has 1 unspecified atom stereocenters. The van der Waals surface area contributed by atoms with Crippen LogP contribution in [0.3, 0.4) is 0 Å². The van der Waals surface area contributed by atoms with Crippen LogP contribution in [0.2, 0.25) is 0 Å². The van der Waals surface area contributed by atoms with Gasteiger partial charge >= 0.3 is 0 Å². The maximum Gasteiger partial charge on any atom is 0.132 e. The van der Waals surface area contributed by atoms with E-state index in [9.17, 15) is 5.26 Å². The van der Waals surface area contributed by atoms with Gasteiger partial charge in [-0.3, -0.25) is 0 Å². The highest BCUT2D eigenvalue weighted by atomic mass is 79.9. The minimum Gasteiger partial charge on any atom is -0.457 e. The molecule has 114 valence electrons. The van der Waals surface area contributed by atoms with Gasteiger partial charge in [0.2, 0.25) is 0 Å². The predicted octanol–water partition coefficient (Wildman–Crippen LogP) is 5.83. The van der Waals surface area contributed by atoms with Crippen molar-refractivity contribution in [3.05, 3.63) is 60.2 Å². The van der Waals surface area contributed by atoms with Crippen LogP contribution in [0.4, 0.5) is 0 Å². The van der Waals surface area contributed by atoms with Crippen LogP contribution in [0.1, 0.15) is 31.7 Å². The minimum absolute atomic E-state index is 0.554. The highest BCUT2D eigenvalue weighted by Crippen LogP contribution is 2.39. The Morgan fingerprint density at radius 2 is 1.77 bits per heavy atom. The number of ether oxygens (including phenoxy) is 1. The number of halogens is 1. The number of hydrogen-bond acceptors (Lipinski definition) is 2. The molecule has 2 rings (SSSR count). The van der Waals surface area contributed by atoms with Crippen LogP contribution in [0.15, 0.2) is 54.6 Å². The summed E-state index contributed by atoms with van der Waals surface area (Å²) in [7, 11) is 0. The van der Waals surface area contributed by atoms with Crippen molar-refractivity contribution in [3.63, 3.8) is 0 Å². The number of hydrogen-bond donors (Lipinski definition) is 0. The van der Waals surface area contributed by atoms with Gasteiger partial charge in [-0.05, 0) is 24.6 Å². The largest absolute Gasteiger partial charge is 0.457 e. The molecule has 0 aliphatic rings. The molecule has 0 heterocycles. The second-order valence-electron chi connectivity index (χ2n) is 5.34. The van der Waals surface area contributed by atoms with Crippen LogP contribution < -0.4 is 4.74 Å². The second kappa shape index (κ2) is 8.00. The van der Waals surface area contributed by atoms with Gasteiger partial charge in [0.05, 0.1) is 11.5 Å². The van der Waals surface area contributed by atoms with E-state index in [-0.39, 0.29) is 0 Å². The number of rotatable bonds is 7. The normalized spacial score (nSPS) is 13.1. The molecular formula is C19H20BrNO. The fourth-order valence-electron chi connectivity index (χ4n) is 2.46. The lowest BCUT2D eigenvalue weighted by atomic mass is 9.79. The molecule has 3 heteroatoms. The minimum atomic E-state index is -0.554. The topological polar surface area (TPSA) is 33.0 Å². The van der Waals surface area contributed by atoms with Crippen LogP contribution in [-0.4, -0.2) is 5.33 Å². The first-order valence-electron chi connectivity index (χ1n) is 7.55. The number of benzene rings is 2. The number of unbranched alkanes of at least 4 members (excludes halogenated alkanes) is 1. The van der Waals surface area contributed by atoms with E-state index in [1.807, 2.05) is 54.6 Å². The van der Waals surface area contributed by atoms with E-state index in [1.165, 1.54) is 0 Å². The fraction of sp³-hybridized carbons (Fsp3) is 0.316. The van der Waals surface area contributed by atoms with Crippen molar-refractivity contribution in [1.29, 1.82) is 5.26 Å². The van der Waals surface area contributed by atoms with E-state index in [2.05, 4.69) is 28.9 Å². The predicted molar refractivity (Wildman–Crippen MR) is 93.6 cm³/mol. The Labute approximate surface area is 140 Å². The summed E-state index contributed by atoms with van der Waals surface area (Å²) >= 11 is 3.54. The zero-order chi connectivity index (χ0) is 15.8. The Morgan fingerprint density at radius 3 is 2.41 bits per heavy atom. The molecule has 0 N–H and O–H groups in total. The Bertz CT molecular complexity index is 635. The summed E-state index contributed by atoms with van der Waals surface area (Å²) in [5.41, 5.74) is 0.396. The molecule has 2 aromatic carbocycles. The van der Waals surface area contributed by atoms with E-state index in [0.717, 1.165) is 36.3 Å². The zero-order valence-electron chi connectivity index (χ0n) is 12.8. The van der Waals surface area contributed by atoms with Crippen LogP contribution in [0, 0.1) is 11.3 Å². The lowest BCUT2D eigenvalue weighted by molar-refractivity contribution is 0.450. The van der Waals surface area contributed by atoms with Crippen molar-refractivity contribution in [2.45, 2.75) is 31.6 Å². The van der Waals surface area contributed by atoms with Gasteiger partial charge in [-0.15, -0.1) is 0 Å². The maximum absolute atomic E-state index is 9.81. The third kappa shape index (κ3) is 3.69. The molecular weight excluding hydrogens is 338 g/mol. The molecule has 1 atom stereocenters. The lowest BCUT2D eigenvalue weighted by Gasteiger charge is -2.27. The molecule has 0 aliphatic carbocycles. The molecule has 2 aromatic rings. The van der Waals surface area contributed by atoms with Gasteiger partial charge in [-0.1, -0.05) is 72.1 Å². The van der Waals surface area contributed by atoms with Crippen LogP contribution >= 0.6 is 15.9 Å². The molecule has 0 bridgehead atoms. The molecule has 0 aliphatic heterocycles. The molecule has 0 amide bonds. The van der Waals surface area contributed by atoms with Gasteiger partial charge in [0, 0.05) is 10.9 Å². The quantitative estimate of drug-likeness (QED) is 0.584. The number of nitriles is 1. The van der Waals surface area contributed by atoms with E-state index >= 15 is 0 Å². The maximum atomic E-state index is 9.81. The van der Waals surface area contributed by atoms with Gasteiger partial charge in [0.15, 0.2) is 0 Å². The summed E-state index contributed by atoms with van der Waals surface area (Å²) in [6.07, 6.45) is 2.90. The van der Waals surface area contributed by atoms with E-state index < -0.39 is 5.41 Å². The van der Waals surface area contributed by atoms with Crippen molar-refractivity contribution in [2.75, 3.05) is 5.33 Å². The fourth-order valence-corrected chi connectivity index (χ4v) is 3.17. The SMILES string of the molecule is CCCCC(C#N)(CBr)c1ccccc1Oc1ccccc1. The highest BCUT2D eigenvalue weighted by Gasteiger charge is 2.33. The summed E-state index contributed by atoms with van der Waals surface area (Å²) in [4.78, 5) is 0. The molecule has 0 radical (unpaired) electrons. The number of para-hydroxylation sites is 2. The van der Waals surface area contributed by atoms with Gasteiger partial charge in [-0.25, -0.2) is 0 Å². The standard InChI is InChI=1S/C19H20BrNO/c1-2-3-13-19(14-20,15-21)17-11-7-8-12-18(17)22-16-9-5-4-6-10-16/h4-12H,2-3,13-14H2,1H3. The van der Waals surface area contributed by atoms with Gasteiger partial charge in [0.1, 0.15) is 11.5 Å². The first-order chi connectivity index (χ1) is 10.8. The summed E-state index contributed by atoms with van der Waals surface area (Å²) < 4.78 is 6.03. The Balaban J connectivity index is 2.39. The summed E-state index contributed by atoms with van der Waals surface area (Å²) in [6.45, 7) is 2.14. The third-order valence-electron chi connectivity index (χ3n) is 3.77. The van der Waals surface area contributed by atoms with E-state index in [4.69, 9.17) is 4.74 Å². The van der Waals surface area contributed by atoms with Crippen LogP contribution in [0.25, 0.3) is 0 Å². The highest BCUT2D eigenvalue weighted by molar-refractivity contribution is 9.09. The van der Waals surface area contributed by atoms with E-state index in [0.29, 0.717) is 5.33 Å². The molecule has 0 saturated heterocycles. The second-order valence-corrected chi connectivity index (χ2v) is 5.90. The molecule has 0 aromatic heterocycles. The summed E-state index contributed by atoms with van der Waals surface area (Å²) in [5.74, 6) is 1.54. The first kappa shape index (κ1) is 16.6. The van der Waals surface area contributed by atoms with Crippen molar-refractivity contribution in [3.8, 4) is 17.6 Å². The van der Waals surface area contributed by atoms with Crippen molar-refractivity contribution >= 4 is 15.9 Å². The Kier molecular flexibility index (Phi) is 6.03. The number of nitrogens with zero attached hydrogens (tertiary/aromatic N) is 1. The number of alkyl halides is 1. The Morgan fingerprint density at radius 1 is 1.09 bits per heavy atom.